The second-order valence-corrected chi connectivity index (χ2v) is 3.55. The summed E-state index contributed by atoms with van der Waals surface area (Å²) in [5, 5.41) is 10.0. The first-order valence-corrected chi connectivity index (χ1v) is 4.91. The number of benzene rings is 1. The lowest BCUT2D eigenvalue weighted by Crippen LogP contribution is -2.11. The van der Waals surface area contributed by atoms with Crippen molar-refractivity contribution in [3.63, 3.8) is 0 Å². The van der Waals surface area contributed by atoms with E-state index < -0.39 is 0 Å². The normalized spacial score (nSPS) is 11.4. The van der Waals surface area contributed by atoms with Gasteiger partial charge in [-0.25, -0.2) is 0 Å². The van der Waals surface area contributed by atoms with E-state index in [4.69, 9.17) is 22.1 Å². The van der Waals surface area contributed by atoms with Gasteiger partial charge in [-0.15, -0.1) is 19.0 Å². The van der Waals surface area contributed by atoms with E-state index in [0.29, 0.717) is 17.7 Å². The minimum absolute atomic E-state index is 0. The lowest BCUT2D eigenvalue weighted by molar-refractivity contribution is 0.393. The van der Waals surface area contributed by atoms with E-state index >= 15 is 0 Å². The van der Waals surface area contributed by atoms with Crippen LogP contribution in [0.1, 0.15) is 18.0 Å². The van der Waals surface area contributed by atoms with Crippen molar-refractivity contribution in [2.45, 2.75) is 12.5 Å². The topological polar surface area (TPSA) is 55.5 Å². The van der Waals surface area contributed by atoms with Crippen LogP contribution in [-0.4, -0.2) is 12.2 Å². The Bertz CT molecular complexity index is 369. The van der Waals surface area contributed by atoms with E-state index in [1.807, 2.05) is 0 Å². The third kappa shape index (κ3) is 3.04. The van der Waals surface area contributed by atoms with E-state index in [-0.39, 0.29) is 29.2 Å². The number of halogens is 2. The summed E-state index contributed by atoms with van der Waals surface area (Å²) in [5.41, 5.74) is 6.40. The maximum Gasteiger partial charge on any atom is 0.142 e. The highest BCUT2D eigenvalue weighted by Gasteiger charge is 2.17. The zero-order valence-corrected chi connectivity index (χ0v) is 10.5. The molecule has 0 aliphatic carbocycles. The molecule has 3 N–H and O–H groups in total. The Kier molecular flexibility index (Phi) is 6.26. The quantitative estimate of drug-likeness (QED) is 0.822. The highest BCUT2D eigenvalue weighted by molar-refractivity contribution is 6.32. The molecule has 1 aromatic carbocycles. The summed E-state index contributed by atoms with van der Waals surface area (Å²) in [6.45, 7) is 3.60. The molecule has 3 nitrogen and oxygen atoms in total. The molecular formula is C11H15Cl2NO2. The van der Waals surface area contributed by atoms with Crippen molar-refractivity contribution in [2.24, 2.45) is 5.73 Å². The highest BCUT2D eigenvalue weighted by Crippen LogP contribution is 2.38. The van der Waals surface area contributed by atoms with Crippen LogP contribution in [0.25, 0.3) is 0 Å². The number of phenols is 1. The van der Waals surface area contributed by atoms with Crippen LogP contribution in [0.15, 0.2) is 24.8 Å². The van der Waals surface area contributed by atoms with Gasteiger partial charge in [0.2, 0.25) is 0 Å². The van der Waals surface area contributed by atoms with Crippen LogP contribution < -0.4 is 10.5 Å². The molecule has 0 aliphatic rings. The fraction of sp³-hybridized carbons (Fsp3) is 0.273. The Labute approximate surface area is 106 Å². The third-order valence-corrected chi connectivity index (χ3v) is 2.44. The molecular weight excluding hydrogens is 249 g/mol. The first kappa shape index (κ1) is 15.1. The molecule has 1 rings (SSSR count). The van der Waals surface area contributed by atoms with Gasteiger partial charge in [-0.05, 0) is 18.6 Å². The van der Waals surface area contributed by atoms with Gasteiger partial charge in [0.05, 0.1) is 17.7 Å². The molecule has 1 atom stereocenters. The van der Waals surface area contributed by atoms with Gasteiger partial charge in [-0.2, -0.15) is 0 Å². The van der Waals surface area contributed by atoms with Gasteiger partial charge in [0.15, 0.2) is 0 Å². The van der Waals surface area contributed by atoms with Crippen molar-refractivity contribution in [1.29, 1.82) is 0 Å². The van der Waals surface area contributed by atoms with Crippen molar-refractivity contribution in [1.82, 2.24) is 0 Å². The van der Waals surface area contributed by atoms with E-state index in [2.05, 4.69) is 6.58 Å². The molecule has 90 valence electrons. The molecule has 0 saturated heterocycles. The van der Waals surface area contributed by atoms with E-state index in [0.717, 1.165) is 0 Å². The first-order valence-electron chi connectivity index (χ1n) is 4.53. The number of ether oxygens (including phenoxy) is 1. The molecule has 0 saturated carbocycles. The first-order chi connectivity index (χ1) is 7.11. The molecule has 0 aliphatic heterocycles. The number of hydrogen-bond acceptors (Lipinski definition) is 3. The second-order valence-electron chi connectivity index (χ2n) is 3.14. The van der Waals surface area contributed by atoms with Gasteiger partial charge in [0.25, 0.3) is 0 Å². The van der Waals surface area contributed by atoms with Crippen molar-refractivity contribution < 1.29 is 9.84 Å². The van der Waals surface area contributed by atoms with Crippen LogP contribution in [0, 0.1) is 0 Å². The summed E-state index contributed by atoms with van der Waals surface area (Å²) in [4.78, 5) is 0. The Morgan fingerprint density at radius 1 is 1.62 bits per heavy atom. The van der Waals surface area contributed by atoms with Crippen molar-refractivity contribution >= 4 is 24.0 Å². The van der Waals surface area contributed by atoms with Crippen LogP contribution in [-0.2, 0) is 0 Å². The minimum atomic E-state index is -0.365. The second kappa shape index (κ2) is 6.63. The number of aromatic hydroxyl groups is 1. The lowest BCUT2D eigenvalue weighted by atomic mass is 10.0. The fourth-order valence-electron chi connectivity index (χ4n) is 1.40. The Morgan fingerprint density at radius 2 is 2.25 bits per heavy atom. The maximum absolute atomic E-state index is 9.78. The van der Waals surface area contributed by atoms with Crippen LogP contribution in [0.5, 0.6) is 11.5 Å². The van der Waals surface area contributed by atoms with Crippen molar-refractivity contribution in [3.05, 3.63) is 35.4 Å². The number of methoxy groups -OCH3 is 1. The zero-order valence-electron chi connectivity index (χ0n) is 8.94. The maximum atomic E-state index is 9.78. The molecule has 0 amide bonds. The van der Waals surface area contributed by atoms with Gasteiger partial charge in [0.1, 0.15) is 11.5 Å². The highest BCUT2D eigenvalue weighted by atomic mass is 35.5. The van der Waals surface area contributed by atoms with Crippen LogP contribution in [0.4, 0.5) is 0 Å². The molecule has 0 fully saturated rings. The molecule has 0 aromatic heterocycles. The summed E-state index contributed by atoms with van der Waals surface area (Å²) in [6, 6.07) is 2.89. The number of rotatable bonds is 4. The summed E-state index contributed by atoms with van der Waals surface area (Å²) in [6.07, 6.45) is 2.23. The predicted octanol–water partition coefficient (Wildman–Crippen LogP) is 3.05. The Hall–Kier alpha value is -0.900. The minimum Gasteiger partial charge on any atom is -0.506 e. The Balaban J connectivity index is 0.00000225. The SMILES string of the molecule is C=CC[C@@H](N)c1c(OC)ccc(Cl)c1O.Cl. The lowest BCUT2D eigenvalue weighted by Gasteiger charge is -2.16. The van der Waals surface area contributed by atoms with E-state index in [9.17, 15) is 5.11 Å². The van der Waals surface area contributed by atoms with Crippen LogP contribution >= 0.6 is 24.0 Å². The zero-order chi connectivity index (χ0) is 11.4. The van der Waals surface area contributed by atoms with Gasteiger partial charge < -0.3 is 15.6 Å². The predicted molar refractivity (Wildman–Crippen MR) is 68.7 cm³/mol. The number of phenolic OH excluding ortho intramolecular Hbond substituents is 1. The van der Waals surface area contributed by atoms with Crippen molar-refractivity contribution in [3.8, 4) is 11.5 Å². The van der Waals surface area contributed by atoms with Gasteiger partial charge in [0, 0.05) is 6.04 Å². The van der Waals surface area contributed by atoms with Gasteiger partial charge in [-0.1, -0.05) is 17.7 Å². The average molecular weight is 264 g/mol. The number of nitrogens with two attached hydrogens (primary N) is 1. The number of hydrogen-bond donors (Lipinski definition) is 2. The molecule has 16 heavy (non-hydrogen) atoms. The molecule has 5 heteroatoms. The monoisotopic (exact) mass is 263 g/mol. The summed E-state index contributed by atoms with van der Waals surface area (Å²) in [5.74, 6) is 0.511. The standard InChI is InChI=1S/C11H14ClNO2.ClH/c1-3-4-8(13)10-9(15-2)6-5-7(12)11(10)14;/h3,5-6,8,14H,1,4,13H2,2H3;1H/t8-;/m1./s1. The van der Waals surface area contributed by atoms with E-state index in [1.165, 1.54) is 7.11 Å². The van der Waals surface area contributed by atoms with Crippen LogP contribution in [0.3, 0.4) is 0 Å². The smallest absolute Gasteiger partial charge is 0.142 e. The molecule has 0 bridgehead atoms. The molecule has 0 radical (unpaired) electrons. The summed E-state index contributed by atoms with van der Waals surface area (Å²) < 4.78 is 5.12. The fourth-order valence-corrected chi connectivity index (χ4v) is 1.56. The van der Waals surface area contributed by atoms with Crippen molar-refractivity contribution in [2.75, 3.05) is 7.11 Å². The van der Waals surface area contributed by atoms with Gasteiger partial charge in [-0.3, -0.25) is 0 Å². The molecule has 0 spiro atoms. The largest absolute Gasteiger partial charge is 0.506 e. The third-order valence-electron chi connectivity index (χ3n) is 2.14. The van der Waals surface area contributed by atoms with Crippen LogP contribution in [0.2, 0.25) is 5.02 Å². The molecule has 0 unspecified atom stereocenters. The van der Waals surface area contributed by atoms with E-state index in [1.54, 1.807) is 18.2 Å². The summed E-state index contributed by atoms with van der Waals surface area (Å²) >= 11 is 5.80. The molecule has 0 heterocycles. The average Bonchev–Trinajstić information content (AvgIpc) is 2.22. The Morgan fingerprint density at radius 3 is 2.75 bits per heavy atom. The van der Waals surface area contributed by atoms with Gasteiger partial charge >= 0.3 is 0 Å². The molecule has 1 aromatic rings. The summed E-state index contributed by atoms with van der Waals surface area (Å²) in [7, 11) is 1.52.